The van der Waals surface area contributed by atoms with Crippen molar-refractivity contribution in [2.24, 2.45) is 0 Å². The highest BCUT2D eigenvalue weighted by atomic mass is 16.5. The summed E-state index contributed by atoms with van der Waals surface area (Å²) in [5, 5.41) is 11.7. The van der Waals surface area contributed by atoms with Gasteiger partial charge in [0, 0.05) is 23.5 Å². The van der Waals surface area contributed by atoms with Crippen LogP contribution in [0, 0.1) is 6.92 Å². The molecular weight excluding hydrogens is 284 g/mol. The lowest BCUT2D eigenvalue weighted by Crippen LogP contribution is -2.29. The number of nitrogens with zero attached hydrogens (tertiary/aromatic N) is 5. The van der Waals surface area contributed by atoms with Crippen LogP contribution in [0.25, 0.3) is 0 Å². The minimum atomic E-state index is -0.397. The van der Waals surface area contributed by atoms with Crippen LogP contribution >= 0.6 is 0 Å². The minimum absolute atomic E-state index is 0.389. The standard InChI is InChI=1S/C14H18N6O2/c1-5-19-9(3)10(6-16-19)12-11(13(21)22-4)8(2)18-14-15-7-17-20(12)14/h6-7,12H,5H2,1-4H3,(H,15,17,18). The molecule has 0 aliphatic carbocycles. The maximum absolute atomic E-state index is 12.3. The van der Waals surface area contributed by atoms with Gasteiger partial charge < -0.3 is 10.1 Å². The number of carbonyl (C=O) groups is 1. The Balaban J connectivity index is 2.20. The van der Waals surface area contributed by atoms with Crippen LogP contribution < -0.4 is 5.32 Å². The van der Waals surface area contributed by atoms with Crippen molar-refractivity contribution in [1.29, 1.82) is 0 Å². The van der Waals surface area contributed by atoms with Crippen molar-refractivity contribution in [3.8, 4) is 0 Å². The molecule has 0 amide bonds. The van der Waals surface area contributed by atoms with Gasteiger partial charge in [-0.3, -0.25) is 4.68 Å². The van der Waals surface area contributed by atoms with E-state index in [1.807, 2.05) is 25.5 Å². The van der Waals surface area contributed by atoms with Gasteiger partial charge in [0.1, 0.15) is 12.4 Å². The van der Waals surface area contributed by atoms with Crippen molar-refractivity contribution < 1.29 is 9.53 Å². The van der Waals surface area contributed by atoms with Crippen LogP contribution in [-0.4, -0.2) is 37.6 Å². The predicted molar refractivity (Wildman–Crippen MR) is 79.1 cm³/mol. The van der Waals surface area contributed by atoms with Gasteiger partial charge in [0.25, 0.3) is 0 Å². The van der Waals surface area contributed by atoms with Gasteiger partial charge in [-0.1, -0.05) is 0 Å². The largest absolute Gasteiger partial charge is 0.466 e. The van der Waals surface area contributed by atoms with Gasteiger partial charge in [-0.25, -0.2) is 9.48 Å². The van der Waals surface area contributed by atoms with Gasteiger partial charge in [0.2, 0.25) is 5.95 Å². The number of esters is 1. The second-order valence-electron chi connectivity index (χ2n) is 5.09. The number of aryl methyl sites for hydroxylation is 1. The normalized spacial score (nSPS) is 17.2. The van der Waals surface area contributed by atoms with Crippen LogP contribution in [0.4, 0.5) is 5.95 Å². The number of aromatic nitrogens is 5. The van der Waals surface area contributed by atoms with Crippen LogP contribution in [0.5, 0.6) is 0 Å². The molecule has 3 rings (SSSR count). The number of allylic oxidation sites excluding steroid dienone is 1. The first-order chi connectivity index (χ1) is 10.6. The Hall–Kier alpha value is -2.64. The highest BCUT2D eigenvalue weighted by molar-refractivity contribution is 5.92. The molecule has 0 saturated heterocycles. The number of fused-ring (bicyclic) bond motifs is 1. The summed E-state index contributed by atoms with van der Waals surface area (Å²) in [6.45, 7) is 6.60. The maximum atomic E-state index is 12.3. The molecular formula is C14H18N6O2. The summed E-state index contributed by atoms with van der Waals surface area (Å²) in [6.07, 6.45) is 3.24. The van der Waals surface area contributed by atoms with E-state index >= 15 is 0 Å². The molecule has 8 heteroatoms. The Morgan fingerprint density at radius 1 is 1.41 bits per heavy atom. The Morgan fingerprint density at radius 3 is 2.82 bits per heavy atom. The van der Waals surface area contributed by atoms with Crippen LogP contribution in [0.1, 0.15) is 31.1 Å². The molecule has 0 fully saturated rings. The second-order valence-corrected chi connectivity index (χ2v) is 5.09. The Labute approximate surface area is 127 Å². The average Bonchev–Trinajstić information content (AvgIpc) is 3.11. The van der Waals surface area contributed by atoms with E-state index in [9.17, 15) is 4.79 Å². The summed E-state index contributed by atoms with van der Waals surface area (Å²) in [5.74, 6) is 0.207. The maximum Gasteiger partial charge on any atom is 0.338 e. The van der Waals surface area contributed by atoms with Gasteiger partial charge in [0.05, 0.1) is 18.9 Å². The van der Waals surface area contributed by atoms with Gasteiger partial charge in [-0.15, -0.1) is 0 Å². The number of carbonyl (C=O) groups excluding carboxylic acids is 1. The van der Waals surface area contributed by atoms with E-state index in [1.165, 1.54) is 13.4 Å². The van der Waals surface area contributed by atoms with Crippen molar-refractivity contribution in [3.63, 3.8) is 0 Å². The van der Waals surface area contributed by atoms with Crippen molar-refractivity contribution >= 4 is 11.9 Å². The first kappa shape index (κ1) is 14.3. The number of nitrogens with one attached hydrogen (secondary N) is 1. The molecule has 1 aliphatic heterocycles. The number of anilines is 1. The van der Waals surface area contributed by atoms with E-state index in [0.29, 0.717) is 17.2 Å². The van der Waals surface area contributed by atoms with E-state index < -0.39 is 6.04 Å². The molecule has 0 spiro atoms. The molecule has 3 heterocycles. The number of ether oxygens (including phenoxy) is 1. The Bertz CT molecular complexity index is 757. The number of hydrogen-bond acceptors (Lipinski definition) is 6. The third-order valence-corrected chi connectivity index (χ3v) is 3.93. The summed E-state index contributed by atoms with van der Waals surface area (Å²) in [6, 6.07) is -0.397. The first-order valence-electron chi connectivity index (χ1n) is 7.06. The zero-order valence-corrected chi connectivity index (χ0v) is 13.0. The monoisotopic (exact) mass is 302 g/mol. The molecule has 1 unspecified atom stereocenters. The highest BCUT2D eigenvalue weighted by Crippen LogP contribution is 2.36. The summed E-state index contributed by atoms with van der Waals surface area (Å²) < 4.78 is 8.52. The number of rotatable bonds is 3. The third kappa shape index (κ3) is 1.99. The molecule has 1 N–H and O–H groups in total. The fraction of sp³-hybridized carbons (Fsp3) is 0.429. The van der Waals surface area contributed by atoms with E-state index in [0.717, 1.165) is 17.8 Å². The van der Waals surface area contributed by atoms with Crippen molar-refractivity contribution in [2.75, 3.05) is 12.4 Å². The fourth-order valence-electron chi connectivity index (χ4n) is 2.80. The Kier molecular flexibility index (Phi) is 3.44. The summed E-state index contributed by atoms with van der Waals surface area (Å²) >= 11 is 0. The van der Waals surface area contributed by atoms with E-state index in [2.05, 4.69) is 20.5 Å². The molecule has 1 atom stereocenters. The number of hydrogen-bond donors (Lipinski definition) is 1. The molecule has 8 nitrogen and oxygen atoms in total. The molecule has 0 radical (unpaired) electrons. The van der Waals surface area contributed by atoms with Gasteiger partial charge in [-0.05, 0) is 20.8 Å². The first-order valence-corrected chi connectivity index (χ1v) is 7.06. The van der Waals surface area contributed by atoms with Crippen LogP contribution in [0.15, 0.2) is 23.8 Å². The fourth-order valence-corrected chi connectivity index (χ4v) is 2.80. The summed E-state index contributed by atoms with van der Waals surface area (Å²) in [7, 11) is 1.37. The van der Waals surface area contributed by atoms with Gasteiger partial charge >= 0.3 is 5.97 Å². The molecule has 2 aromatic rings. The lowest BCUT2D eigenvalue weighted by molar-refractivity contribution is -0.136. The highest BCUT2D eigenvalue weighted by Gasteiger charge is 2.35. The predicted octanol–water partition coefficient (Wildman–Crippen LogP) is 1.26. The van der Waals surface area contributed by atoms with Crippen molar-refractivity contribution in [3.05, 3.63) is 35.1 Å². The molecule has 1 aliphatic rings. The SMILES string of the molecule is CCn1ncc(C2C(C(=O)OC)=C(C)Nc3ncnn32)c1C. The van der Waals surface area contributed by atoms with E-state index in [4.69, 9.17) is 4.74 Å². The molecule has 116 valence electrons. The lowest BCUT2D eigenvalue weighted by atomic mass is 9.96. The van der Waals surface area contributed by atoms with Gasteiger partial charge in [0.15, 0.2) is 0 Å². The van der Waals surface area contributed by atoms with E-state index in [-0.39, 0.29) is 5.97 Å². The molecule has 0 bridgehead atoms. The Morgan fingerprint density at radius 2 is 2.18 bits per heavy atom. The lowest BCUT2D eigenvalue weighted by Gasteiger charge is -2.27. The van der Waals surface area contributed by atoms with Gasteiger partial charge in [-0.2, -0.15) is 15.2 Å². The quantitative estimate of drug-likeness (QED) is 0.859. The topological polar surface area (TPSA) is 86.9 Å². The number of methoxy groups -OCH3 is 1. The molecule has 22 heavy (non-hydrogen) atoms. The smallest absolute Gasteiger partial charge is 0.338 e. The van der Waals surface area contributed by atoms with Crippen molar-refractivity contribution in [1.82, 2.24) is 24.5 Å². The molecule has 0 saturated carbocycles. The van der Waals surface area contributed by atoms with E-state index in [1.54, 1.807) is 10.9 Å². The summed E-state index contributed by atoms with van der Waals surface area (Å²) in [5.41, 5.74) is 3.13. The molecule has 0 aromatic carbocycles. The van der Waals surface area contributed by atoms with Crippen molar-refractivity contribution in [2.45, 2.75) is 33.4 Å². The van der Waals surface area contributed by atoms with Crippen LogP contribution in [0.3, 0.4) is 0 Å². The summed E-state index contributed by atoms with van der Waals surface area (Å²) in [4.78, 5) is 16.5. The van der Waals surface area contributed by atoms with Crippen LogP contribution in [-0.2, 0) is 16.1 Å². The second kappa shape index (κ2) is 5.28. The minimum Gasteiger partial charge on any atom is -0.466 e. The average molecular weight is 302 g/mol. The third-order valence-electron chi connectivity index (χ3n) is 3.93. The zero-order chi connectivity index (χ0) is 15.9. The van der Waals surface area contributed by atoms with Crippen LogP contribution in [0.2, 0.25) is 0 Å². The zero-order valence-electron chi connectivity index (χ0n) is 13.0. The molecule has 2 aromatic heterocycles.